The van der Waals surface area contributed by atoms with Gasteiger partial charge in [-0.05, 0) is 13.8 Å². The Bertz CT molecular complexity index is 422. The van der Waals surface area contributed by atoms with Crippen LogP contribution in [0.2, 0.25) is 0 Å². The summed E-state index contributed by atoms with van der Waals surface area (Å²) in [6.45, 7) is 2.54. The second-order valence-corrected chi connectivity index (χ2v) is 4.22. The molecule has 0 aliphatic rings. The number of guanidine groups is 1. The average Bonchev–Trinajstić information content (AvgIpc) is 2.85. The largest absolute Gasteiger partial charge is 0.383 e. The SMILES string of the molecule is CCNC(=NCc1nccn1C(F)F)NC(C)COC. The Morgan fingerprint density at radius 3 is 2.90 bits per heavy atom. The Kier molecular flexibility index (Phi) is 6.92. The minimum absolute atomic E-state index is 0.0626. The van der Waals surface area contributed by atoms with E-state index in [1.807, 2.05) is 13.8 Å². The first-order chi connectivity index (χ1) is 9.58. The lowest BCUT2D eigenvalue weighted by Gasteiger charge is -2.17. The molecule has 0 radical (unpaired) electrons. The van der Waals surface area contributed by atoms with Gasteiger partial charge in [0.1, 0.15) is 12.4 Å². The number of aromatic nitrogens is 2. The summed E-state index contributed by atoms with van der Waals surface area (Å²) in [7, 11) is 1.61. The molecular weight excluding hydrogens is 268 g/mol. The average molecular weight is 289 g/mol. The van der Waals surface area contributed by atoms with E-state index in [2.05, 4.69) is 20.6 Å². The summed E-state index contributed by atoms with van der Waals surface area (Å²) in [6, 6.07) is 0.0626. The molecule has 1 heterocycles. The van der Waals surface area contributed by atoms with E-state index in [4.69, 9.17) is 4.74 Å². The predicted molar refractivity (Wildman–Crippen MR) is 72.8 cm³/mol. The maximum Gasteiger partial charge on any atom is 0.319 e. The Morgan fingerprint density at radius 1 is 1.55 bits per heavy atom. The zero-order valence-electron chi connectivity index (χ0n) is 11.9. The highest BCUT2D eigenvalue weighted by Crippen LogP contribution is 2.12. The van der Waals surface area contributed by atoms with Crippen LogP contribution < -0.4 is 10.6 Å². The van der Waals surface area contributed by atoms with Gasteiger partial charge in [-0.3, -0.25) is 4.57 Å². The highest BCUT2D eigenvalue weighted by atomic mass is 19.3. The van der Waals surface area contributed by atoms with Gasteiger partial charge in [-0.25, -0.2) is 9.98 Å². The number of hydrogen-bond donors (Lipinski definition) is 2. The van der Waals surface area contributed by atoms with Crippen molar-refractivity contribution in [2.24, 2.45) is 4.99 Å². The summed E-state index contributed by atoms with van der Waals surface area (Å²) in [5, 5.41) is 6.16. The molecule has 1 atom stereocenters. The lowest BCUT2D eigenvalue weighted by molar-refractivity contribution is 0.0671. The Labute approximate surface area is 117 Å². The Hall–Kier alpha value is -1.70. The fourth-order valence-electron chi connectivity index (χ4n) is 1.64. The van der Waals surface area contributed by atoms with Crippen LogP contribution >= 0.6 is 0 Å². The highest BCUT2D eigenvalue weighted by Gasteiger charge is 2.11. The summed E-state index contributed by atoms with van der Waals surface area (Å²) >= 11 is 0. The van der Waals surface area contributed by atoms with Gasteiger partial charge in [0.2, 0.25) is 0 Å². The molecular formula is C12H21F2N5O. The fraction of sp³-hybridized carbons (Fsp3) is 0.667. The Balaban J connectivity index is 2.68. The zero-order chi connectivity index (χ0) is 15.0. The highest BCUT2D eigenvalue weighted by molar-refractivity contribution is 5.79. The standard InChI is InChI=1S/C12H21F2N5O/c1-4-15-12(18-9(2)8-20-3)17-7-10-16-5-6-19(10)11(13)14/h5-6,9,11H,4,7-8H2,1-3H3,(H2,15,17,18). The molecule has 8 heteroatoms. The second kappa shape index (κ2) is 8.47. The Morgan fingerprint density at radius 2 is 2.30 bits per heavy atom. The molecule has 0 fully saturated rings. The first kappa shape index (κ1) is 16.4. The summed E-state index contributed by atoms with van der Waals surface area (Å²) in [5.41, 5.74) is 0. The third kappa shape index (κ3) is 5.12. The van der Waals surface area contributed by atoms with Crippen LogP contribution in [0.1, 0.15) is 26.2 Å². The van der Waals surface area contributed by atoms with Gasteiger partial charge in [-0.1, -0.05) is 0 Å². The van der Waals surface area contributed by atoms with E-state index >= 15 is 0 Å². The van der Waals surface area contributed by atoms with E-state index in [-0.39, 0.29) is 18.4 Å². The summed E-state index contributed by atoms with van der Waals surface area (Å²) in [6.07, 6.45) is 2.58. The lowest BCUT2D eigenvalue weighted by atomic mass is 10.4. The topological polar surface area (TPSA) is 63.5 Å². The molecule has 2 N–H and O–H groups in total. The zero-order valence-corrected chi connectivity index (χ0v) is 11.9. The predicted octanol–water partition coefficient (Wildman–Crippen LogP) is 1.37. The van der Waals surface area contributed by atoms with Crippen LogP contribution in [0.4, 0.5) is 8.78 Å². The van der Waals surface area contributed by atoms with Crippen LogP contribution in [0, 0.1) is 0 Å². The van der Waals surface area contributed by atoms with Crippen molar-refractivity contribution in [3.05, 3.63) is 18.2 Å². The van der Waals surface area contributed by atoms with Crippen LogP contribution in [0.25, 0.3) is 0 Å². The first-order valence-corrected chi connectivity index (χ1v) is 6.42. The molecule has 114 valence electrons. The molecule has 1 aromatic rings. The molecule has 1 rings (SSSR count). The number of nitrogens with one attached hydrogen (secondary N) is 2. The molecule has 1 aromatic heterocycles. The molecule has 0 aliphatic carbocycles. The van der Waals surface area contributed by atoms with Crippen molar-refractivity contribution in [3.63, 3.8) is 0 Å². The van der Waals surface area contributed by atoms with Crippen molar-refractivity contribution in [2.45, 2.75) is 33.0 Å². The summed E-state index contributed by atoms with van der Waals surface area (Å²) < 4.78 is 31.2. The number of nitrogens with zero attached hydrogens (tertiary/aromatic N) is 3. The molecule has 1 unspecified atom stereocenters. The molecule has 0 saturated heterocycles. The van der Waals surface area contributed by atoms with E-state index in [0.717, 1.165) is 4.57 Å². The molecule has 0 amide bonds. The van der Waals surface area contributed by atoms with Crippen molar-refractivity contribution in [1.29, 1.82) is 0 Å². The quantitative estimate of drug-likeness (QED) is 0.588. The number of ether oxygens (including phenoxy) is 1. The number of aliphatic imine (C=N–C) groups is 1. The van der Waals surface area contributed by atoms with Crippen LogP contribution in [0.5, 0.6) is 0 Å². The molecule has 0 aromatic carbocycles. The lowest BCUT2D eigenvalue weighted by Crippen LogP contribution is -2.44. The van der Waals surface area contributed by atoms with Gasteiger partial charge >= 0.3 is 6.55 Å². The van der Waals surface area contributed by atoms with Crippen molar-refractivity contribution in [3.8, 4) is 0 Å². The van der Waals surface area contributed by atoms with Crippen LogP contribution in [-0.4, -0.2) is 41.8 Å². The molecule has 0 bridgehead atoms. The molecule has 0 saturated carbocycles. The number of alkyl halides is 2. The number of methoxy groups -OCH3 is 1. The van der Waals surface area contributed by atoms with E-state index < -0.39 is 6.55 Å². The summed E-state index contributed by atoms with van der Waals surface area (Å²) in [5.74, 6) is 0.762. The minimum atomic E-state index is -2.61. The van der Waals surface area contributed by atoms with E-state index in [1.165, 1.54) is 12.4 Å². The van der Waals surface area contributed by atoms with Gasteiger partial charge in [0.15, 0.2) is 5.96 Å². The fourth-order valence-corrected chi connectivity index (χ4v) is 1.64. The maximum atomic E-state index is 12.7. The summed E-state index contributed by atoms with van der Waals surface area (Å²) in [4.78, 5) is 8.12. The van der Waals surface area contributed by atoms with E-state index in [9.17, 15) is 8.78 Å². The van der Waals surface area contributed by atoms with Gasteiger partial charge in [0, 0.05) is 32.1 Å². The van der Waals surface area contributed by atoms with Gasteiger partial charge in [-0.15, -0.1) is 0 Å². The molecule has 0 aliphatic heterocycles. The number of halogens is 2. The molecule has 0 spiro atoms. The smallest absolute Gasteiger partial charge is 0.319 e. The van der Waals surface area contributed by atoms with Gasteiger partial charge in [-0.2, -0.15) is 8.78 Å². The van der Waals surface area contributed by atoms with Crippen molar-refractivity contribution in [2.75, 3.05) is 20.3 Å². The molecule has 20 heavy (non-hydrogen) atoms. The van der Waals surface area contributed by atoms with Gasteiger partial charge in [0.25, 0.3) is 0 Å². The van der Waals surface area contributed by atoms with Crippen molar-refractivity contribution < 1.29 is 13.5 Å². The van der Waals surface area contributed by atoms with E-state index in [0.29, 0.717) is 19.1 Å². The van der Waals surface area contributed by atoms with E-state index in [1.54, 1.807) is 7.11 Å². The third-order valence-corrected chi connectivity index (χ3v) is 2.48. The van der Waals surface area contributed by atoms with Crippen LogP contribution in [-0.2, 0) is 11.3 Å². The van der Waals surface area contributed by atoms with Crippen LogP contribution in [0.3, 0.4) is 0 Å². The van der Waals surface area contributed by atoms with Crippen molar-refractivity contribution in [1.82, 2.24) is 20.2 Å². The minimum Gasteiger partial charge on any atom is -0.383 e. The van der Waals surface area contributed by atoms with Crippen LogP contribution in [0.15, 0.2) is 17.4 Å². The number of hydrogen-bond acceptors (Lipinski definition) is 3. The monoisotopic (exact) mass is 289 g/mol. The van der Waals surface area contributed by atoms with Crippen molar-refractivity contribution >= 4 is 5.96 Å². The number of imidazole rings is 1. The third-order valence-electron chi connectivity index (χ3n) is 2.48. The normalized spacial score (nSPS) is 13.6. The number of rotatable bonds is 7. The first-order valence-electron chi connectivity index (χ1n) is 6.42. The second-order valence-electron chi connectivity index (χ2n) is 4.22. The maximum absolute atomic E-state index is 12.7. The van der Waals surface area contributed by atoms with Gasteiger partial charge < -0.3 is 15.4 Å². The van der Waals surface area contributed by atoms with Gasteiger partial charge in [0.05, 0.1) is 6.61 Å². The molecule has 6 nitrogen and oxygen atoms in total.